The summed E-state index contributed by atoms with van der Waals surface area (Å²) in [6.07, 6.45) is 1.80. The van der Waals surface area contributed by atoms with Gasteiger partial charge in [0.25, 0.3) is 5.91 Å². The molecule has 1 aromatic carbocycles. The van der Waals surface area contributed by atoms with Gasteiger partial charge in [0.15, 0.2) is 5.82 Å². The van der Waals surface area contributed by atoms with E-state index in [1.54, 1.807) is 0 Å². The third-order valence-electron chi connectivity index (χ3n) is 3.96. The van der Waals surface area contributed by atoms with Gasteiger partial charge in [-0.05, 0) is 38.8 Å². The van der Waals surface area contributed by atoms with Crippen molar-refractivity contribution in [3.63, 3.8) is 0 Å². The molecule has 0 aliphatic rings. The highest BCUT2D eigenvalue weighted by Gasteiger charge is 2.22. The normalized spacial score (nSPS) is 11.4. The third kappa shape index (κ3) is 3.48. The van der Waals surface area contributed by atoms with Crippen LogP contribution < -0.4 is 5.32 Å². The Morgan fingerprint density at radius 2 is 2.05 bits per heavy atom. The van der Waals surface area contributed by atoms with Crippen LogP contribution in [0.3, 0.4) is 0 Å². The number of H-pyrrole nitrogens is 1. The summed E-state index contributed by atoms with van der Waals surface area (Å²) in [5, 5.41) is 10.0. The van der Waals surface area contributed by atoms with Gasteiger partial charge in [-0.1, -0.05) is 26.0 Å². The first kappa shape index (κ1) is 15.2. The predicted molar refractivity (Wildman–Crippen MR) is 83.0 cm³/mol. The summed E-state index contributed by atoms with van der Waals surface area (Å²) in [5.41, 5.74) is 1.29. The van der Waals surface area contributed by atoms with Crippen LogP contribution in [0.2, 0.25) is 0 Å². The molecule has 21 heavy (non-hydrogen) atoms. The number of hydrogen-bond donors (Lipinski definition) is 2. The first-order valence-electron chi connectivity index (χ1n) is 7.29. The van der Waals surface area contributed by atoms with Crippen molar-refractivity contribution in [1.82, 2.24) is 20.5 Å². The number of benzene rings is 1. The summed E-state index contributed by atoms with van der Waals surface area (Å²) in [6.45, 7) is 8.07. The zero-order valence-electron chi connectivity index (χ0n) is 13.0. The Kier molecular flexibility index (Phi) is 4.40. The van der Waals surface area contributed by atoms with Gasteiger partial charge >= 0.3 is 0 Å². The first-order valence-corrected chi connectivity index (χ1v) is 7.29. The van der Waals surface area contributed by atoms with Gasteiger partial charge in [-0.2, -0.15) is 5.10 Å². The van der Waals surface area contributed by atoms with Gasteiger partial charge in [-0.15, -0.1) is 0 Å². The summed E-state index contributed by atoms with van der Waals surface area (Å²) >= 11 is 0. The molecule has 5 heteroatoms. The van der Waals surface area contributed by atoms with E-state index in [2.05, 4.69) is 41.3 Å². The van der Waals surface area contributed by atoms with Crippen LogP contribution >= 0.6 is 0 Å². The topological polar surface area (TPSA) is 70.7 Å². The minimum absolute atomic E-state index is 0.0599. The van der Waals surface area contributed by atoms with Crippen molar-refractivity contribution in [3.8, 4) is 11.4 Å². The smallest absolute Gasteiger partial charge is 0.251 e. The number of rotatable bonds is 5. The van der Waals surface area contributed by atoms with Crippen LogP contribution in [0.4, 0.5) is 0 Å². The molecule has 112 valence electrons. The third-order valence-corrected chi connectivity index (χ3v) is 3.96. The summed E-state index contributed by atoms with van der Waals surface area (Å²) in [4.78, 5) is 16.7. The maximum Gasteiger partial charge on any atom is 0.251 e. The zero-order chi connectivity index (χ0) is 15.5. The molecule has 5 nitrogen and oxygen atoms in total. The molecule has 0 fully saturated rings. The quantitative estimate of drug-likeness (QED) is 0.887. The number of aryl methyl sites for hydroxylation is 1. The number of aromatic nitrogens is 3. The second-order valence-electron chi connectivity index (χ2n) is 5.55. The molecule has 2 N–H and O–H groups in total. The van der Waals surface area contributed by atoms with Crippen molar-refractivity contribution in [2.45, 2.75) is 46.1 Å². The molecule has 0 bridgehead atoms. The maximum absolute atomic E-state index is 12.4. The number of carbonyl (C=O) groups excluding carboxylic acids is 1. The standard InChI is InChI=1S/C16H22N4O/c1-5-16(4,6-2)18-15(21)13-9-7-8-12(10-13)14-17-11(3)19-20-14/h7-10H,5-6H2,1-4H3,(H,18,21)(H,17,19,20). The minimum atomic E-state index is -0.172. The number of hydrogen-bond acceptors (Lipinski definition) is 3. The number of aromatic amines is 1. The lowest BCUT2D eigenvalue weighted by Crippen LogP contribution is -2.44. The molecule has 1 heterocycles. The van der Waals surface area contributed by atoms with Gasteiger partial charge in [-0.3, -0.25) is 9.89 Å². The molecule has 0 unspecified atom stereocenters. The van der Waals surface area contributed by atoms with Crippen molar-refractivity contribution in [1.29, 1.82) is 0 Å². The van der Waals surface area contributed by atoms with Crippen LogP contribution in [0, 0.1) is 6.92 Å². The van der Waals surface area contributed by atoms with Crippen LogP contribution in [-0.2, 0) is 0 Å². The molecule has 0 spiro atoms. The maximum atomic E-state index is 12.4. The van der Waals surface area contributed by atoms with Crippen molar-refractivity contribution in [2.24, 2.45) is 0 Å². The van der Waals surface area contributed by atoms with Gasteiger partial charge < -0.3 is 5.32 Å². The minimum Gasteiger partial charge on any atom is -0.347 e. The SMILES string of the molecule is CCC(C)(CC)NC(=O)c1cccc(-c2n[nH]c(C)n2)c1. The lowest BCUT2D eigenvalue weighted by atomic mass is 9.95. The molecule has 0 aliphatic carbocycles. The highest BCUT2D eigenvalue weighted by Crippen LogP contribution is 2.18. The molecule has 0 radical (unpaired) electrons. The highest BCUT2D eigenvalue weighted by molar-refractivity contribution is 5.95. The van der Waals surface area contributed by atoms with Crippen molar-refractivity contribution in [2.75, 3.05) is 0 Å². The molecule has 2 rings (SSSR count). The van der Waals surface area contributed by atoms with Crippen LogP contribution in [0.25, 0.3) is 11.4 Å². The lowest BCUT2D eigenvalue weighted by Gasteiger charge is -2.28. The average molecular weight is 286 g/mol. The van der Waals surface area contributed by atoms with Crippen LogP contribution in [0.1, 0.15) is 49.8 Å². The average Bonchev–Trinajstić information content (AvgIpc) is 2.94. The van der Waals surface area contributed by atoms with Gasteiger partial charge in [0.05, 0.1) is 0 Å². The van der Waals surface area contributed by atoms with E-state index < -0.39 is 0 Å². The molecule has 0 saturated heterocycles. The van der Waals surface area contributed by atoms with Crippen molar-refractivity contribution in [3.05, 3.63) is 35.7 Å². The van der Waals surface area contributed by atoms with E-state index in [0.717, 1.165) is 24.2 Å². The zero-order valence-corrected chi connectivity index (χ0v) is 13.0. The Morgan fingerprint density at radius 1 is 1.33 bits per heavy atom. The van der Waals surface area contributed by atoms with E-state index in [1.165, 1.54) is 0 Å². The lowest BCUT2D eigenvalue weighted by molar-refractivity contribution is 0.0901. The fraction of sp³-hybridized carbons (Fsp3) is 0.438. The Balaban J connectivity index is 2.23. The number of amides is 1. The largest absolute Gasteiger partial charge is 0.347 e. The summed E-state index contributed by atoms with van der Waals surface area (Å²) in [7, 11) is 0. The fourth-order valence-corrected chi connectivity index (χ4v) is 2.04. The van der Waals surface area contributed by atoms with Gasteiger partial charge in [0, 0.05) is 16.7 Å². The summed E-state index contributed by atoms with van der Waals surface area (Å²) in [5.74, 6) is 1.30. The Bertz CT molecular complexity index is 629. The molecule has 0 saturated carbocycles. The van der Waals surface area contributed by atoms with E-state index in [4.69, 9.17) is 0 Å². The van der Waals surface area contributed by atoms with Gasteiger partial charge in [-0.25, -0.2) is 4.98 Å². The van der Waals surface area contributed by atoms with E-state index >= 15 is 0 Å². The molecule has 0 atom stereocenters. The first-order chi connectivity index (χ1) is 9.97. The second kappa shape index (κ2) is 6.08. The number of carbonyl (C=O) groups is 1. The summed E-state index contributed by atoms with van der Waals surface area (Å²) in [6, 6.07) is 7.39. The van der Waals surface area contributed by atoms with Crippen molar-refractivity contribution < 1.29 is 4.79 Å². The number of nitrogens with one attached hydrogen (secondary N) is 2. The van der Waals surface area contributed by atoms with Crippen LogP contribution in [-0.4, -0.2) is 26.6 Å². The molecule has 2 aromatic rings. The molecular weight excluding hydrogens is 264 g/mol. The van der Waals surface area contributed by atoms with E-state index in [1.807, 2.05) is 31.2 Å². The Hall–Kier alpha value is -2.17. The number of nitrogens with zero attached hydrogens (tertiary/aromatic N) is 2. The fourth-order valence-electron chi connectivity index (χ4n) is 2.04. The van der Waals surface area contributed by atoms with Gasteiger partial charge in [0.2, 0.25) is 0 Å². The molecule has 1 aromatic heterocycles. The van der Waals surface area contributed by atoms with Crippen LogP contribution in [0.5, 0.6) is 0 Å². The monoisotopic (exact) mass is 286 g/mol. The Morgan fingerprint density at radius 3 is 2.62 bits per heavy atom. The molecule has 1 amide bonds. The molecular formula is C16H22N4O. The summed E-state index contributed by atoms with van der Waals surface area (Å²) < 4.78 is 0. The van der Waals surface area contributed by atoms with Gasteiger partial charge in [0.1, 0.15) is 5.82 Å². The second-order valence-corrected chi connectivity index (χ2v) is 5.55. The van der Waals surface area contributed by atoms with E-state index in [0.29, 0.717) is 11.4 Å². The molecule has 0 aliphatic heterocycles. The predicted octanol–water partition coefficient (Wildman–Crippen LogP) is 3.09. The van der Waals surface area contributed by atoms with Crippen molar-refractivity contribution >= 4 is 5.91 Å². The van der Waals surface area contributed by atoms with E-state index in [-0.39, 0.29) is 11.4 Å². The highest BCUT2D eigenvalue weighted by atomic mass is 16.1. The van der Waals surface area contributed by atoms with Crippen LogP contribution in [0.15, 0.2) is 24.3 Å². The Labute approximate surface area is 125 Å². The van der Waals surface area contributed by atoms with E-state index in [9.17, 15) is 4.79 Å².